The third-order valence-electron chi connectivity index (χ3n) is 11.7. The van der Waals surface area contributed by atoms with Gasteiger partial charge in [-0.2, -0.15) is 0 Å². The van der Waals surface area contributed by atoms with Gasteiger partial charge in [0.2, 0.25) is 6.10 Å². The van der Waals surface area contributed by atoms with Crippen LogP contribution >= 0.6 is 23.2 Å². The van der Waals surface area contributed by atoms with Crippen LogP contribution in [0.1, 0.15) is 93.3 Å². The molecule has 1 fully saturated rings. The van der Waals surface area contributed by atoms with Gasteiger partial charge in [0, 0.05) is 25.2 Å². The van der Waals surface area contributed by atoms with E-state index in [1.54, 1.807) is 24.1 Å². The van der Waals surface area contributed by atoms with Crippen LogP contribution in [-0.2, 0) is 33.9 Å². The summed E-state index contributed by atoms with van der Waals surface area (Å²) >= 11 is 12.2. The van der Waals surface area contributed by atoms with Crippen molar-refractivity contribution in [2.75, 3.05) is 11.9 Å². The molecule has 0 aromatic heterocycles. The number of halogens is 2. The quantitative estimate of drug-likeness (QED) is 0.150. The van der Waals surface area contributed by atoms with Crippen LogP contribution in [0.5, 0.6) is 11.5 Å². The van der Waals surface area contributed by atoms with Crippen LogP contribution in [0.2, 0.25) is 10.0 Å². The first kappa shape index (κ1) is 38.2. The molecule has 0 N–H and O–H groups in total. The van der Waals surface area contributed by atoms with E-state index >= 15 is 0 Å². The van der Waals surface area contributed by atoms with Crippen molar-refractivity contribution in [3.05, 3.63) is 123 Å². The molecule has 54 heavy (non-hydrogen) atoms. The lowest BCUT2D eigenvalue weighted by Gasteiger charge is -2.43. The van der Waals surface area contributed by atoms with Gasteiger partial charge in [-0.05, 0) is 102 Å². The molecule has 6 atom stereocenters. The van der Waals surface area contributed by atoms with Crippen molar-refractivity contribution in [1.82, 2.24) is 4.90 Å². The highest BCUT2D eigenvalue weighted by molar-refractivity contribution is 6.42. The third-order valence-corrected chi connectivity index (χ3v) is 12.4. The first-order chi connectivity index (χ1) is 26.0. The molecule has 9 heteroatoms. The fourth-order valence-corrected chi connectivity index (χ4v) is 8.88. The third kappa shape index (κ3) is 8.00. The van der Waals surface area contributed by atoms with E-state index in [9.17, 15) is 9.59 Å². The Morgan fingerprint density at radius 1 is 0.944 bits per heavy atom. The van der Waals surface area contributed by atoms with Crippen LogP contribution in [0.4, 0.5) is 5.69 Å². The van der Waals surface area contributed by atoms with Gasteiger partial charge in [0.1, 0.15) is 30.3 Å². The van der Waals surface area contributed by atoms with Crippen LogP contribution in [0.15, 0.2) is 84.9 Å². The number of benzene rings is 4. The number of rotatable bonds is 10. The number of likely N-dealkylation sites (N-methyl/N-ethyl adjacent to an activating group) is 1. The van der Waals surface area contributed by atoms with Gasteiger partial charge >= 0.3 is 5.97 Å². The molecule has 1 saturated carbocycles. The van der Waals surface area contributed by atoms with E-state index in [2.05, 4.69) is 62.9 Å². The predicted molar refractivity (Wildman–Crippen MR) is 214 cm³/mol. The summed E-state index contributed by atoms with van der Waals surface area (Å²) < 4.78 is 19.0. The van der Waals surface area contributed by atoms with Gasteiger partial charge in [-0.3, -0.25) is 14.5 Å². The first-order valence-electron chi connectivity index (χ1n) is 19.3. The number of hydrogen-bond donors (Lipinski definition) is 0. The number of esters is 1. The summed E-state index contributed by atoms with van der Waals surface area (Å²) in [5.74, 6) is 2.32. The van der Waals surface area contributed by atoms with Crippen LogP contribution in [0.3, 0.4) is 0 Å². The average Bonchev–Trinajstić information content (AvgIpc) is 3.16. The number of ether oxygens (including phenoxy) is 3. The molecule has 1 amide bonds. The van der Waals surface area contributed by atoms with Crippen molar-refractivity contribution in [3.8, 4) is 11.5 Å². The molecule has 2 aliphatic heterocycles. The van der Waals surface area contributed by atoms with E-state index < -0.39 is 12.1 Å². The average molecular weight is 770 g/mol. The van der Waals surface area contributed by atoms with E-state index in [4.69, 9.17) is 37.4 Å². The summed E-state index contributed by atoms with van der Waals surface area (Å²) in [6.07, 6.45) is 3.60. The Morgan fingerprint density at radius 2 is 1.70 bits per heavy atom. The van der Waals surface area contributed by atoms with Crippen molar-refractivity contribution >= 4 is 40.8 Å². The van der Waals surface area contributed by atoms with Crippen molar-refractivity contribution in [2.45, 2.75) is 97.2 Å². The molecule has 0 radical (unpaired) electrons. The largest absolute Gasteiger partial charge is 0.489 e. The van der Waals surface area contributed by atoms with Crippen molar-refractivity contribution in [2.24, 2.45) is 17.8 Å². The fraction of sp³-hybridized carbons (Fsp3) is 0.422. The van der Waals surface area contributed by atoms with E-state index in [0.717, 1.165) is 41.5 Å². The summed E-state index contributed by atoms with van der Waals surface area (Å²) in [6, 6.07) is 26.9. The number of nitrogens with zero attached hydrogens (tertiary/aromatic N) is 2. The smallest absolute Gasteiger partial charge is 0.324 e. The van der Waals surface area contributed by atoms with E-state index in [1.807, 2.05) is 42.5 Å². The van der Waals surface area contributed by atoms with Gasteiger partial charge in [0.05, 0.1) is 15.7 Å². The molecule has 284 valence electrons. The Hall–Kier alpha value is -4.04. The minimum Gasteiger partial charge on any atom is -0.489 e. The van der Waals surface area contributed by atoms with Crippen molar-refractivity contribution in [3.63, 3.8) is 0 Å². The number of anilines is 1. The zero-order chi connectivity index (χ0) is 38.1. The summed E-state index contributed by atoms with van der Waals surface area (Å²) in [5, 5.41) is 0.976. The highest BCUT2D eigenvalue weighted by Gasteiger charge is 2.42. The lowest BCUT2D eigenvalue weighted by Crippen LogP contribution is -2.50. The monoisotopic (exact) mass is 768 g/mol. The Morgan fingerprint density at radius 3 is 2.41 bits per heavy atom. The molecule has 1 aliphatic carbocycles. The van der Waals surface area contributed by atoms with Gasteiger partial charge in [-0.25, -0.2) is 0 Å². The molecule has 3 aliphatic rings. The molecule has 0 saturated heterocycles. The van der Waals surface area contributed by atoms with Crippen LogP contribution in [-0.4, -0.2) is 36.0 Å². The topological polar surface area (TPSA) is 68.3 Å². The maximum atomic E-state index is 14.4. The van der Waals surface area contributed by atoms with E-state index in [-0.39, 0.29) is 24.0 Å². The van der Waals surface area contributed by atoms with Crippen LogP contribution < -0.4 is 14.4 Å². The number of amides is 1. The highest BCUT2D eigenvalue weighted by Crippen LogP contribution is 2.44. The summed E-state index contributed by atoms with van der Waals surface area (Å²) in [5.41, 5.74) is 5.64. The number of hydrogen-bond acceptors (Lipinski definition) is 6. The molecule has 7 rings (SSSR count). The van der Waals surface area contributed by atoms with Crippen molar-refractivity contribution < 1.29 is 23.8 Å². The van der Waals surface area contributed by atoms with Gasteiger partial charge in [0.25, 0.3) is 5.91 Å². The standard InChI is InChI=1S/C45H50Cl2N2O5/c1-6-38(30-10-8-7-9-11-30)49-25-33-24-42-39(22-32(33)23-40(49)45(51)54-41-20-28(4)12-18-35(41)27(2)3)48(5)44(50)43(53-42)31-14-16-34(17-15-31)52-26-29-13-19-36(46)37(47)21-29/h7-11,13-17,19,21-22,24,27-28,35,38,40-41,43H,6,12,18,20,23,25-26H2,1-5H3/t28-,35+,38+,40?,41-,43+/m1/s1. The second-order valence-corrected chi connectivity index (χ2v) is 16.4. The molecule has 2 heterocycles. The molecule has 7 nitrogen and oxygen atoms in total. The Kier molecular flexibility index (Phi) is 11.6. The second kappa shape index (κ2) is 16.4. The molecular weight excluding hydrogens is 719 g/mol. The van der Waals surface area contributed by atoms with Gasteiger partial charge in [-0.1, -0.05) is 106 Å². The van der Waals surface area contributed by atoms with Gasteiger partial charge < -0.3 is 19.1 Å². The van der Waals surface area contributed by atoms with Crippen LogP contribution in [0.25, 0.3) is 0 Å². The van der Waals surface area contributed by atoms with Crippen molar-refractivity contribution in [1.29, 1.82) is 0 Å². The summed E-state index contributed by atoms with van der Waals surface area (Å²) in [6.45, 7) is 9.81. The molecule has 0 spiro atoms. The highest BCUT2D eigenvalue weighted by atomic mass is 35.5. The van der Waals surface area contributed by atoms with E-state index in [1.165, 1.54) is 12.0 Å². The lowest BCUT2D eigenvalue weighted by atomic mass is 9.75. The SMILES string of the molecule is CC[C@@H](c1ccccc1)N1Cc2cc3c(cc2CC1C(=O)O[C@@H]1C[C@H](C)CC[C@H]1C(C)C)N(C)C(=O)[C@H](c1ccc(OCc2ccc(Cl)c(Cl)c2)cc1)O3. The molecule has 4 aromatic rings. The maximum Gasteiger partial charge on any atom is 0.324 e. The number of carbonyl (C=O) groups is 2. The minimum atomic E-state index is -0.813. The molecule has 0 bridgehead atoms. The number of carbonyl (C=O) groups excluding carboxylic acids is 2. The maximum absolute atomic E-state index is 14.4. The first-order valence-corrected chi connectivity index (χ1v) is 20.0. The fourth-order valence-electron chi connectivity index (χ4n) is 8.56. The van der Waals surface area contributed by atoms with Crippen LogP contribution in [0, 0.1) is 17.8 Å². The molecule has 4 aromatic carbocycles. The molecular formula is C45H50Cl2N2O5. The second-order valence-electron chi connectivity index (χ2n) is 15.6. The summed E-state index contributed by atoms with van der Waals surface area (Å²) in [7, 11) is 1.79. The van der Waals surface area contributed by atoms with E-state index in [0.29, 0.717) is 64.6 Å². The van der Waals surface area contributed by atoms with Gasteiger partial charge in [-0.15, -0.1) is 0 Å². The molecule has 1 unspecified atom stereocenters. The Bertz CT molecular complexity index is 1970. The normalized spacial score (nSPS) is 23.3. The lowest BCUT2D eigenvalue weighted by molar-refractivity contribution is -0.164. The summed E-state index contributed by atoms with van der Waals surface area (Å²) in [4.78, 5) is 32.2. The minimum absolute atomic E-state index is 0.0226. The number of fused-ring (bicyclic) bond motifs is 2. The Labute approximate surface area is 329 Å². The zero-order valence-corrected chi connectivity index (χ0v) is 33.3. The predicted octanol–water partition coefficient (Wildman–Crippen LogP) is 10.6. The zero-order valence-electron chi connectivity index (χ0n) is 31.8. The van der Waals surface area contributed by atoms with Gasteiger partial charge in [0.15, 0.2) is 0 Å². The Balaban J connectivity index is 1.14.